The van der Waals surface area contributed by atoms with E-state index in [1.54, 1.807) is 12.0 Å². The summed E-state index contributed by atoms with van der Waals surface area (Å²) in [4.78, 5) is 15.0. The Kier molecular flexibility index (Phi) is 9.34. The molecule has 1 aromatic carbocycles. The fraction of sp³-hybridized carbons (Fsp3) is 0.750. The molecule has 0 unspecified atom stereocenters. The maximum atomic E-state index is 13.3. The number of carbonyl (C=O) groups excluding carboxylic acids is 1. The SMILES string of the molecule is COc1cc(B2OC(C)(C)C(C)(C)O2)ccc1CN(C[C@H](C)O[Si](C)(C)C(C)(C)C)C(=O)OC(C)(C)C. The van der Waals surface area contributed by atoms with E-state index in [2.05, 4.69) is 33.9 Å². The third kappa shape index (κ3) is 7.97. The first-order valence-corrected chi connectivity index (χ1v) is 16.2. The van der Waals surface area contributed by atoms with Crippen LogP contribution in [-0.2, 0) is 25.0 Å². The van der Waals surface area contributed by atoms with Crippen molar-refractivity contribution >= 4 is 27.0 Å². The number of ether oxygens (including phenoxy) is 2. The number of rotatable bonds is 8. The first kappa shape index (κ1) is 31.7. The molecule has 7 nitrogen and oxygen atoms in total. The van der Waals surface area contributed by atoms with E-state index in [0.29, 0.717) is 18.8 Å². The smallest absolute Gasteiger partial charge is 0.494 e. The molecule has 0 radical (unpaired) electrons. The van der Waals surface area contributed by atoms with E-state index in [4.69, 9.17) is 23.2 Å². The van der Waals surface area contributed by atoms with Crippen LogP contribution in [0.3, 0.4) is 0 Å². The molecule has 1 aliphatic rings. The topological polar surface area (TPSA) is 66.5 Å². The molecule has 0 aromatic heterocycles. The zero-order valence-electron chi connectivity index (χ0n) is 25.7. The van der Waals surface area contributed by atoms with Crippen molar-refractivity contribution in [1.82, 2.24) is 4.90 Å². The fourth-order valence-electron chi connectivity index (χ4n) is 3.78. The molecule has 2 rings (SSSR count). The predicted molar refractivity (Wildman–Crippen MR) is 153 cm³/mol. The Morgan fingerprint density at radius 2 is 1.59 bits per heavy atom. The van der Waals surface area contributed by atoms with Crippen LogP contribution in [0.1, 0.15) is 81.7 Å². The highest BCUT2D eigenvalue weighted by atomic mass is 28.4. The minimum Gasteiger partial charge on any atom is -0.496 e. The van der Waals surface area contributed by atoms with Crippen molar-refractivity contribution in [1.29, 1.82) is 0 Å². The van der Waals surface area contributed by atoms with Crippen LogP contribution in [0.2, 0.25) is 18.1 Å². The van der Waals surface area contributed by atoms with Gasteiger partial charge >= 0.3 is 13.2 Å². The van der Waals surface area contributed by atoms with Crippen molar-refractivity contribution < 1.29 is 28.0 Å². The Balaban J connectivity index is 2.30. The van der Waals surface area contributed by atoms with Crippen molar-refractivity contribution in [3.8, 4) is 5.75 Å². The maximum Gasteiger partial charge on any atom is 0.494 e. The summed E-state index contributed by atoms with van der Waals surface area (Å²) in [5.74, 6) is 0.665. The molecule has 0 N–H and O–H groups in total. The van der Waals surface area contributed by atoms with Crippen molar-refractivity contribution in [2.45, 2.75) is 124 Å². The van der Waals surface area contributed by atoms with Gasteiger partial charge in [0, 0.05) is 12.1 Å². The molecule has 1 amide bonds. The van der Waals surface area contributed by atoms with Gasteiger partial charge in [-0.3, -0.25) is 0 Å². The summed E-state index contributed by atoms with van der Waals surface area (Å²) in [5.41, 5.74) is 0.268. The van der Waals surface area contributed by atoms with E-state index in [9.17, 15) is 4.79 Å². The molecule has 0 saturated carbocycles. The fourth-order valence-corrected chi connectivity index (χ4v) is 5.21. The Morgan fingerprint density at radius 1 is 1.05 bits per heavy atom. The number of methoxy groups -OCH3 is 1. The number of nitrogens with zero attached hydrogens (tertiary/aromatic N) is 1. The molecule has 1 aliphatic heterocycles. The molecular formula is C28H50BNO6Si. The quantitative estimate of drug-likeness (QED) is 0.373. The van der Waals surface area contributed by atoms with E-state index < -0.39 is 32.2 Å². The summed E-state index contributed by atoms with van der Waals surface area (Å²) in [6.45, 7) is 27.6. The number of carbonyl (C=O) groups is 1. The Morgan fingerprint density at radius 3 is 2.05 bits per heavy atom. The highest BCUT2D eigenvalue weighted by Crippen LogP contribution is 2.38. The highest BCUT2D eigenvalue weighted by Gasteiger charge is 2.51. The van der Waals surface area contributed by atoms with Crippen LogP contribution in [0, 0.1) is 0 Å². The second kappa shape index (κ2) is 10.9. The highest BCUT2D eigenvalue weighted by molar-refractivity contribution is 6.74. The largest absolute Gasteiger partial charge is 0.496 e. The van der Waals surface area contributed by atoms with Gasteiger partial charge < -0.3 is 28.1 Å². The van der Waals surface area contributed by atoms with E-state index in [-0.39, 0.29) is 17.2 Å². The van der Waals surface area contributed by atoms with Gasteiger partial charge in [0.1, 0.15) is 11.4 Å². The molecule has 1 fully saturated rings. The molecule has 1 heterocycles. The summed E-state index contributed by atoms with van der Waals surface area (Å²) in [7, 11) is -0.864. The second-order valence-corrected chi connectivity index (χ2v) is 18.5. The van der Waals surface area contributed by atoms with Crippen molar-refractivity contribution in [2.24, 2.45) is 0 Å². The van der Waals surface area contributed by atoms with Crippen LogP contribution in [-0.4, -0.2) is 63.0 Å². The molecule has 1 saturated heterocycles. The zero-order valence-corrected chi connectivity index (χ0v) is 26.7. The van der Waals surface area contributed by atoms with Gasteiger partial charge in [-0.1, -0.05) is 32.9 Å². The lowest BCUT2D eigenvalue weighted by Crippen LogP contribution is -2.47. The molecule has 0 bridgehead atoms. The minimum absolute atomic E-state index is 0.0740. The second-order valence-electron chi connectivity index (χ2n) is 13.7. The van der Waals surface area contributed by atoms with Gasteiger partial charge in [-0.25, -0.2) is 4.79 Å². The Hall–Kier alpha value is -1.55. The number of hydrogen-bond acceptors (Lipinski definition) is 6. The van der Waals surface area contributed by atoms with E-state index in [1.165, 1.54) is 0 Å². The maximum absolute atomic E-state index is 13.3. The summed E-state index contributed by atoms with van der Waals surface area (Å²) in [5, 5.41) is 0.0740. The number of hydrogen-bond donors (Lipinski definition) is 0. The lowest BCUT2D eigenvalue weighted by Gasteiger charge is -2.39. The van der Waals surface area contributed by atoms with Crippen LogP contribution in [0.15, 0.2) is 18.2 Å². The average Bonchev–Trinajstić information content (AvgIpc) is 2.92. The third-order valence-electron chi connectivity index (χ3n) is 7.63. The summed E-state index contributed by atoms with van der Waals surface area (Å²) in [6, 6.07) is 5.87. The van der Waals surface area contributed by atoms with Gasteiger partial charge in [0.25, 0.3) is 0 Å². The van der Waals surface area contributed by atoms with Crippen LogP contribution in [0.4, 0.5) is 4.79 Å². The van der Waals surface area contributed by atoms with Gasteiger partial charge in [-0.2, -0.15) is 0 Å². The lowest BCUT2D eigenvalue weighted by atomic mass is 9.78. The molecule has 37 heavy (non-hydrogen) atoms. The van der Waals surface area contributed by atoms with E-state index in [1.807, 2.05) is 73.6 Å². The number of benzene rings is 1. The molecular weight excluding hydrogens is 485 g/mol. The van der Waals surface area contributed by atoms with Crippen LogP contribution in [0.25, 0.3) is 0 Å². The molecule has 210 valence electrons. The van der Waals surface area contributed by atoms with E-state index in [0.717, 1.165) is 11.0 Å². The minimum atomic E-state index is -2.00. The molecule has 1 aromatic rings. The van der Waals surface area contributed by atoms with Gasteiger partial charge in [0.2, 0.25) is 0 Å². The van der Waals surface area contributed by atoms with Crippen molar-refractivity contribution in [3.63, 3.8) is 0 Å². The molecule has 9 heteroatoms. The van der Waals surface area contributed by atoms with Crippen LogP contribution < -0.4 is 10.2 Å². The van der Waals surface area contributed by atoms with Crippen LogP contribution >= 0.6 is 0 Å². The summed E-state index contributed by atoms with van der Waals surface area (Å²) in [6.07, 6.45) is -0.529. The first-order chi connectivity index (χ1) is 16.6. The number of amides is 1. The lowest BCUT2D eigenvalue weighted by molar-refractivity contribution is 0.00578. The zero-order chi connectivity index (χ0) is 28.6. The molecule has 0 aliphatic carbocycles. The van der Waals surface area contributed by atoms with Crippen molar-refractivity contribution in [3.05, 3.63) is 23.8 Å². The average molecular weight is 536 g/mol. The third-order valence-corrected chi connectivity index (χ3v) is 12.2. The van der Waals surface area contributed by atoms with Crippen molar-refractivity contribution in [2.75, 3.05) is 13.7 Å². The van der Waals surface area contributed by atoms with Gasteiger partial charge in [0.05, 0.1) is 31.0 Å². The summed E-state index contributed by atoms with van der Waals surface area (Å²) >= 11 is 0. The normalized spacial score (nSPS) is 18.5. The van der Waals surface area contributed by atoms with Gasteiger partial charge in [-0.15, -0.1) is 0 Å². The summed E-state index contributed by atoms with van der Waals surface area (Å²) < 4.78 is 30.5. The molecule has 1 atom stereocenters. The Labute approximate surface area is 226 Å². The van der Waals surface area contributed by atoms with Gasteiger partial charge in [0.15, 0.2) is 8.32 Å². The first-order valence-electron chi connectivity index (χ1n) is 13.3. The van der Waals surface area contributed by atoms with E-state index >= 15 is 0 Å². The molecule has 0 spiro atoms. The van der Waals surface area contributed by atoms with Gasteiger partial charge in [-0.05, 0) is 85.1 Å². The van der Waals surface area contributed by atoms with Crippen LogP contribution in [0.5, 0.6) is 5.75 Å². The Bertz CT molecular complexity index is 935. The monoisotopic (exact) mass is 535 g/mol. The standard InChI is InChI=1S/C28H50BNO6Si/c1-20(34-37(13,14)26(5,6)7)18-30(24(31)33-25(2,3)4)19-21-15-16-22(17-23(21)32-12)29-35-27(8,9)28(10,11)36-29/h15-17,20H,18-19H2,1-14H3/t20-/m0/s1. The predicted octanol–water partition coefficient (Wildman–Crippen LogP) is 6.14.